The third kappa shape index (κ3) is 8.52. The van der Waals surface area contributed by atoms with Gasteiger partial charge in [0.15, 0.2) is 0 Å². The predicted molar refractivity (Wildman–Crippen MR) is 127 cm³/mol. The summed E-state index contributed by atoms with van der Waals surface area (Å²) in [5, 5.41) is 5.67. The van der Waals surface area contributed by atoms with Crippen LogP contribution in [0.15, 0.2) is 24.3 Å². The van der Waals surface area contributed by atoms with E-state index in [4.69, 9.17) is 4.74 Å². The first kappa shape index (κ1) is 27.5. The van der Waals surface area contributed by atoms with Gasteiger partial charge in [-0.05, 0) is 52.5 Å². The number of nitrogens with one attached hydrogen (secondary N) is 2. The first-order valence-electron chi connectivity index (χ1n) is 11.6. The van der Waals surface area contributed by atoms with Gasteiger partial charge in [0.1, 0.15) is 17.7 Å². The lowest BCUT2D eigenvalue weighted by Gasteiger charge is -2.35. The number of aryl methyl sites for hydroxylation is 1. The predicted octanol–water partition coefficient (Wildman–Crippen LogP) is 4.35. The van der Waals surface area contributed by atoms with E-state index in [0.717, 1.165) is 24.0 Å². The van der Waals surface area contributed by atoms with E-state index in [-0.39, 0.29) is 17.7 Å². The maximum atomic E-state index is 13.6. The van der Waals surface area contributed by atoms with Crippen molar-refractivity contribution in [1.29, 1.82) is 0 Å². The highest BCUT2D eigenvalue weighted by Gasteiger charge is 2.36. The molecule has 32 heavy (non-hydrogen) atoms. The summed E-state index contributed by atoms with van der Waals surface area (Å²) in [6.07, 6.45) is 1.17. The SMILES string of the molecule is CCCCNC(=O)C(c1ccc(C)cc1)N(CC)C(=O)C(NC(=O)OC(C)(C)C)C(C)C. The Kier molecular flexibility index (Phi) is 10.7. The molecule has 0 aliphatic heterocycles. The summed E-state index contributed by atoms with van der Waals surface area (Å²) >= 11 is 0. The zero-order valence-electron chi connectivity index (χ0n) is 21.0. The van der Waals surface area contributed by atoms with Gasteiger partial charge >= 0.3 is 6.09 Å². The Morgan fingerprint density at radius 3 is 2.12 bits per heavy atom. The van der Waals surface area contributed by atoms with Crippen LogP contribution >= 0.6 is 0 Å². The van der Waals surface area contributed by atoms with Crippen LogP contribution in [0.25, 0.3) is 0 Å². The van der Waals surface area contributed by atoms with E-state index in [1.54, 1.807) is 20.8 Å². The van der Waals surface area contributed by atoms with E-state index in [2.05, 4.69) is 17.6 Å². The molecule has 2 atom stereocenters. The molecule has 2 unspecified atom stereocenters. The van der Waals surface area contributed by atoms with Crippen LogP contribution < -0.4 is 10.6 Å². The van der Waals surface area contributed by atoms with Gasteiger partial charge in [-0.1, -0.05) is 57.0 Å². The smallest absolute Gasteiger partial charge is 0.408 e. The average molecular weight is 448 g/mol. The Morgan fingerprint density at radius 1 is 1.06 bits per heavy atom. The van der Waals surface area contributed by atoms with Gasteiger partial charge in [-0.3, -0.25) is 9.59 Å². The maximum absolute atomic E-state index is 13.6. The Labute approximate surface area is 193 Å². The number of alkyl carbamates (subject to hydrolysis) is 1. The molecule has 1 aromatic rings. The van der Waals surface area contributed by atoms with Crippen molar-refractivity contribution < 1.29 is 19.1 Å². The van der Waals surface area contributed by atoms with Gasteiger partial charge < -0.3 is 20.3 Å². The lowest BCUT2D eigenvalue weighted by molar-refractivity contribution is -0.143. The number of carbonyl (C=O) groups excluding carboxylic acids is 3. The van der Waals surface area contributed by atoms with Crippen molar-refractivity contribution in [2.75, 3.05) is 13.1 Å². The van der Waals surface area contributed by atoms with Crippen LogP contribution in [-0.4, -0.2) is 47.5 Å². The molecule has 0 bridgehead atoms. The third-order valence-electron chi connectivity index (χ3n) is 5.01. The molecule has 7 heteroatoms. The highest BCUT2D eigenvalue weighted by atomic mass is 16.6. The third-order valence-corrected chi connectivity index (χ3v) is 5.01. The van der Waals surface area contributed by atoms with E-state index >= 15 is 0 Å². The molecule has 2 N–H and O–H groups in total. The minimum absolute atomic E-state index is 0.189. The second-order valence-electron chi connectivity index (χ2n) is 9.45. The first-order valence-corrected chi connectivity index (χ1v) is 11.6. The van der Waals surface area contributed by atoms with Crippen molar-refractivity contribution in [3.05, 3.63) is 35.4 Å². The fraction of sp³-hybridized carbons (Fsp3) is 0.640. The highest BCUT2D eigenvalue weighted by molar-refractivity contribution is 5.92. The largest absolute Gasteiger partial charge is 0.444 e. The molecule has 0 aliphatic rings. The maximum Gasteiger partial charge on any atom is 0.408 e. The average Bonchev–Trinajstić information content (AvgIpc) is 2.69. The number of amides is 3. The molecule has 1 aromatic carbocycles. The summed E-state index contributed by atoms with van der Waals surface area (Å²) in [6, 6.07) is 6.01. The fourth-order valence-electron chi connectivity index (χ4n) is 3.30. The number of unbranched alkanes of at least 4 members (excludes halogenated alkanes) is 1. The molecule has 3 amide bonds. The minimum Gasteiger partial charge on any atom is -0.444 e. The van der Waals surface area contributed by atoms with Gasteiger partial charge in [-0.15, -0.1) is 0 Å². The van der Waals surface area contributed by atoms with E-state index in [9.17, 15) is 14.4 Å². The van der Waals surface area contributed by atoms with Crippen molar-refractivity contribution in [1.82, 2.24) is 15.5 Å². The number of carbonyl (C=O) groups is 3. The summed E-state index contributed by atoms with van der Waals surface area (Å²) in [6.45, 7) is 15.8. The summed E-state index contributed by atoms with van der Waals surface area (Å²) in [4.78, 5) is 40.7. The minimum atomic E-state index is -0.818. The standard InChI is InChI=1S/C25H41N3O4/c1-9-11-16-26-22(29)21(19-14-12-18(5)13-15-19)28(10-2)23(30)20(17(3)4)27-24(31)32-25(6,7)8/h12-15,17,20-21H,9-11,16H2,1-8H3,(H,26,29)(H,27,31). The zero-order chi connectivity index (χ0) is 24.5. The Morgan fingerprint density at radius 2 is 1.66 bits per heavy atom. The quantitative estimate of drug-likeness (QED) is 0.522. The van der Waals surface area contributed by atoms with E-state index in [1.807, 2.05) is 52.0 Å². The van der Waals surface area contributed by atoms with Crippen LogP contribution in [0.3, 0.4) is 0 Å². The van der Waals surface area contributed by atoms with E-state index in [0.29, 0.717) is 13.1 Å². The van der Waals surface area contributed by atoms with Crippen molar-refractivity contribution >= 4 is 17.9 Å². The monoisotopic (exact) mass is 447 g/mol. The summed E-state index contributed by atoms with van der Waals surface area (Å²) in [5.74, 6) is -0.729. The number of likely N-dealkylation sites (N-methyl/N-ethyl adjacent to an activating group) is 1. The molecule has 0 saturated heterocycles. The van der Waals surface area contributed by atoms with Crippen LogP contribution in [0.5, 0.6) is 0 Å². The normalized spacial score (nSPS) is 13.3. The second-order valence-corrected chi connectivity index (χ2v) is 9.45. The lowest BCUT2D eigenvalue weighted by atomic mass is 9.98. The lowest BCUT2D eigenvalue weighted by Crippen LogP contribution is -2.54. The highest BCUT2D eigenvalue weighted by Crippen LogP contribution is 2.24. The van der Waals surface area contributed by atoms with Crippen molar-refractivity contribution in [3.63, 3.8) is 0 Å². The number of hydrogen-bond donors (Lipinski definition) is 2. The molecule has 0 fully saturated rings. The molecule has 0 aromatic heterocycles. The number of nitrogens with zero attached hydrogens (tertiary/aromatic N) is 1. The molecule has 7 nitrogen and oxygen atoms in total. The van der Waals surface area contributed by atoms with Gasteiger partial charge in [0, 0.05) is 13.1 Å². The molecule has 0 radical (unpaired) electrons. The van der Waals surface area contributed by atoms with Gasteiger partial charge in [0.2, 0.25) is 11.8 Å². The molecule has 0 spiro atoms. The number of ether oxygens (including phenoxy) is 1. The van der Waals surface area contributed by atoms with Gasteiger partial charge in [0.25, 0.3) is 0 Å². The van der Waals surface area contributed by atoms with Gasteiger partial charge in [-0.2, -0.15) is 0 Å². The Bertz CT molecular complexity index is 753. The van der Waals surface area contributed by atoms with Crippen LogP contribution in [-0.2, 0) is 14.3 Å². The second kappa shape index (κ2) is 12.5. The number of hydrogen-bond acceptors (Lipinski definition) is 4. The van der Waals surface area contributed by atoms with Crippen molar-refractivity contribution in [3.8, 4) is 0 Å². The molecule has 0 heterocycles. The molecule has 180 valence electrons. The zero-order valence-corrected chi connectivity index (χ0v) is 21.0. The van der Waals surface area contributed by atoms with Crippen LogP contribution in [0.4, 0.5) is 4.79 Å². The van der Waals surface area contributed by atoms with Crippen molar-refractivity contribution in [2.24, 2.45) is 5.92 Å². The van der Waals surface area contributed by atoms with Gasteiger partial charge in [0.05, 0.1) is 0 Å². The number of benzene rings is 1. The van der Waals surface area contributed by atoms with Crippen molar-refractivity contribution in [2.45, 2.75) is 85.9 Å². The molecular formula is C25H41N3O4. The summed E-state index contributed by atoms with van der Waals surface area (Å²) in [5.41, 5.74) is 1.13. The summed E-state index contributed by atoms with van der Waals surface area (Å²) in [7, 11) is 0. The van der Waals surface area contributed by atoms with Crippen LogP contribution in [0.1, 0.15) is 78.5 Å². The molecule has 0 aliphatic carbocycles. The molecule has 1 rings (SSSR count). The Hall–Kier alpha value is -2.57. The first-order chi connectivity index (χ1) is 14.9. The molecule has 0 saturated carbocycles. The molecular weight excluding hydrogens is 406 g/mol. The van der Waals surface area contributed by atoms with E-state index < -0.39 is 23.8 Å². The van der Waals surface area contributed by atoms with Gasteiger partial charge in [-0.25, -0.2) is 4.79 Å². The fourth-order valence-corrected chi connectivity index (χ4v) is 3.30. The Balaban J connectivity index is 3.25. The topological polar surface area (TPSA) is 87.7 Å². The van der Waals surface area contributed by atoms with Crippen LogP contribution in [0, 0.1) is 12.8 Å². The van der Waals surface area contributed by atoms with Crippen LogP contribution in [0.2, 0.25) is 0 Å². The number of rotatable bonds is 10. The summed E-state index contributed by atoms with van der Waals surface area (Å²) < 4.78 is 5.35. The van der Waals surface area contributed by atoms with E-state index in [1.165, 1.54) is 4.90 Å².